The van der Waals surface area contributed by atoms with Crippen LogP contribution in [-0.4, -0.2) is 15.0 Å². The first kappa shape index (κ1) is 30.4. The Labute approximate surface area is 284 Å². The first-order valence-electron chi connectivity index (χ1n) is 15.6. The Morgan fingerprint density at radius 2 is 1.02 bits per heavy atom. The molecule has 8 aromatic rings. The molecule has 2 heterocycles. The van der Waals surface area contributed by atoms with Crippen molar-refractivity contribution in [2.24, 2.45) is 0 Å². The molecule has 6 aromatic carbocycles. The summed E-state index contributed by atoms with van der Waals surface area (Å²) in [6.45, 7) is 0. The lowest BCUT2D eigenvalue weighted by Crippen LogP contribution is -2.09. The second-order valence-corrected chi connectivity index (χ2v) is 11.7. The first-order valence-corrected chi connectivity index (χ1v) is 15.6. The van der Waals surface area contributed by atoms with Crippen LogP contribution in [0.4, 0.5) is 13.2 Å². The largest absolute Gasteiger partial charge is 0.417 e. The van der Waals surface area contributed by atoms with Gasteiger partial charge >= 0.3 is 6.18 Å². The molecule has 0 saturated carbocycles. The highest BCUT2D eigenvalue weighted by Gasteiger charge is 2.36. The Balaban J connectivity index is 1.56. The highest BCUT2D eigenvalue weighted by atomic mass is 19.4. The van der Waals surface area contributed by atoms with Gasteiger partial charge in [-0.1, -0.05) is 103 Å². The van der Waals surface area contributed by atoms with Gasteiger partial charge in [-0.05, 0) is 41.5 Å². The Morgan fingerprint density at radius 1 is 0.480 bits per heavy atom. The monoisotopic (exact) mass is 653 g/mol. The van der Waals surface area contributed by atoms with Crippen LogP contribution in [0.25, 0.3) is 77.6 Å². The number of fused-ring (bicyclic) bond motifs is 5. The first-order chi connectivity index (χ1) is 24.3. The number of benzene rings is 6. The smallest absolute Gasteiger partial charge is 0.247 e. The number of rotatable bonds is 4. The summed E-state index contributed by atoms with van der Waals surface area (Å²) < 4.78 is 46.1. The minimum absolute atomic E-state index is 0.0966. The number of halogens is 3. The van der Waals surface area contributed by atoms with Crippen molar-refractivity contribution in [3.05, 3.63) is 150 Å². The molecular weight excluding hydrogens is 631 g/mol. The predicted molar refractivity (Wildman–Crippen MR) is 189 cm³/mol. The minimum atomic E-state index is -4.79. The average molecular weight is 654 g/mol. The van der Waals surface area contributed by atoms with Crippen molar-refractivity contribution in [1.82, 2.24) is 15.0 Å². The Morgan fingerprint density at radius 3 is 1.64 bits per heavy atom. The van der Waals surface area contributed by atoms with E-state index in [1.165, 1.54) is 6.07 Å². The molecule has 0 bridgehead atoms. The maximum atomic E-state index is 15.4. The number of aromatic nitrogens is 3. The van der Waals surface area contributed by atoms with Gasteiger partial charge in [-0.3, -0.25) is 0 Å². The lowest BCUT2D eigenvalue weighted by molar-refractivity contribution is -0.136. The molecule has 5 nitrogen and oxygen atoms in total. The van der Waals surface area contributed by atoms with Crippen LogP contribution in [0.2, 0.25) is 0 Å². The van der Waals surface area contributed by atoms with E-state index in [0.717, 1.165) is 17.2 Å². The summed E-state index contributed by atoms with van der Waals surface area (Å²) in [4.78, 5) is 15.0. The zero-order chi connectivity index (χ0) is 34.4. The number of nitriles is 2. The molecule has 0 aliphatic carbocycles. The number of pyridine rings is 1. The summed E-state index contributed by atoms with van der Waals surface area (Å²) in [5, 5.41) is 20.0. The molecule has 0 radical (unpaired) electrons. The number of alkyl halides is 3. The molecule has 0 saturated heterocycles. The zero-order valence-electron chi connectivity index (χ0n) is 26.1. The third-order valence-electron chi connectivity index (χ3n) is 8.69. The fourth-order valence-electron chi connectivity index (χ4n) is 6.53. The summed E-state index contributed by atoms with van der Waals surface area (Å²) in [5.41, 5.74) is 4.51. The summed E-state index contributed by atoms with van der Waals surface area (Å²) >= 11 is 0. The van der Waals surface area contributed by atoms with Crippen LogP contribution in [0, 0.1) is 22.7 Å². The molecule has 0 fully saturated rings. The molecule has 0 unspecified atom stereocenters. The van der Waals surface area contributed by atoms with Gasteiger partial charge < -0.3 is 0 Å². The van der Waals surface area contributed by atoms with Gasteiger partial charge in [-0.2, -0.15) is 23.7 Å². The van der Waals surface area contributed by atoms with Gasteiger partial charge in [-0.25, -0.2) is 15.0 Å². The molecule has 0 spiro atoms. The fourth-order valence-corrected chi connectivity index (χ4v) is 6.53. The topological polar surface area (TPSA) is 86.2 Å². The van der Waals surface area contributed by atoms with Crippen LogP contribution < -0.4 is 0 Å². The molecule has 0 aliphatic heterocycles. The fraction of sp³-hybridized carbons (Fsp3) is 0.0238. The van der Waals surface area contributed by atoms with Crippen molar-refractivity contribution in [1.29, 1.82) is 10.5 Å². The third-order valence-corrected chi connectivity index (χ3v) is 8.69. The lowest BCUT2D eigenvalue weighted by atomic mass is 9.89. The summed E-state index contributed by atoms with van der Waals surface area (Å²) in [6, 6.07) is 42.7. The van der Waals surface area contributed by atoms with E-state index in [1.807, 2.05) is 60.7 Å². The third kappa shape index (κ3) is 5.17. The SMILES string of the molecule is N#Cc1cc(C#N)cc(-c2ccccc2-c2nc3ccccc3c3c2c(C(F)(F)F)cc2nc(-c4ccccc4)c(-c4ccccc4)nc23)c1. The van der Waals surface area contributed by atoms with E-state index in [0.29, 0.717) is 44.5 Å². The number of hydrogen-bond acceptors (Lipinski definition) is 5. The number of para-hydroxylation sites is 1. The molecule has 8 heteroatoms. The van der Waals surface area contributed by atoms with Crippen molar-refractivity contribution in [2.45, 2.75) is 6.18 Å². The van der Waals surface area contributed by atoms with Crippen molar-refractivity contribution < 1.29 is 13.2 Å². The lowest BCUT2D eigenvalue weighted by Gasteiger charge is -2.20. The normalized spacial score (nSPS) is 11.5. The Bertz CT molecular complexity index is 2680. The molecule has 0 atom stereocenters. The van der Waals surface area contributed by atoms with Gasteiger partial charge in [0.15, 0.2) is 0 Å². The zero-order valence-corrected chi connectivity index (χ0v) is 26.1. The average Bonchev–Trinajstić information content (AvgIpc) is 3.16. The van der Waals surface area contributed by atoms with E-state index < -0.39 is 11.7 Å². The van der Waals surface area contributed by atoms with E-state index in [9.17, 15) is 10.5 Å². The molecule has 0 amide bonds. The maximum Gasteiger partial charge on any atom is 0.417 e. The van der Waals surface area contributed by atoms with E-state index in [1.54, 1.807) is 60.7 Å². The van der Waals surface area contributed by atoms with Crippen LogP contribution in [0.5, 0.6) is 0 Å². The van der Waals surface area contributed by atoms with Crippen LogP contribution in [0.3, 0.4) is 0 Å². The highest BCUT2D eigenvalue weighted by Crippen LogP contribution is 2.47. The Kier molecular flexibility index (Phi) is 7.28. The second kappa shape index (κ2) is 12.0. The van der Waals surface area contributed by atoms with Gasteiger partial charge in [0.2, 0.25) is 0 Å². The standard InChI is InChI=1S/C42H22F3N5/c43-42(44,45)33-22-35-41(50-39(28-13-5-2-6-14-28)38(49-35)27-11-3-1-4-12-27)36-32-17-9-10-18-34(32)48-40(37(33)36)31-16-8-7-15-30(31)29-20-25(23-46)19-26(21-29)24-47/h1-22H. The quantitative estimate of drug-likeness (QED) is 0.176. The highest BCUT2D eigenvalue weighted by molar-refractivity contribution is 6.23. The van der Waals surface area contributed by atoms with Crippen molar-refractivity contribution in [3.63, 3.8) is 0 Å². The van der Waals surface area contributed by atoms with Crippen molar-refractivity contribution in [2.75, 3.05) is 0 Å². The van der Waals surface area contributed by atoms with Gasteiger partial charge in [0, 0.05) is 32.8 Å². The van der Waals surface area contributed by atoms with Gasteiger partial charge in [0.1, 0.15) is 0 Å². The molecular formula is C42H22F3N5. The number of nitrogens with zero attached hydrogens (tertiary/aromatic N) is 5. The molecule has 236 valence electrons. The molecule has 2 aromatic heterocycles. The molecule has 0 aliphatic rings. The maximum absolute atomic E-state index is 15.4. The van der Waals surface area contributed by atoms with Crippen LogP contribution >= 0.6 is 0 Å². The number of hydrogen-bond donors (Lipinski definition) is 0. The summed E-state index contributed by atoms with van der Waals surface area (Å²) in [5.74, 6) is 0. The predicted octanol–water partition coefficient (Wildman–Crippen LogP) is 10.8. The van der Waals surface area contributed by atoms with Gasteiger partial charge in [0.25, 0.3) is 0 Å². The van der Waals surface area contributed by atoms with Crippen LogP contribution in [0.1, 0.15) is 16.7 Å². The van der Waals surface area contributed by atoms with Crippen molar-refractivity contribution >= 4 is 32.7 Å². The molecule has 0 N–H and O–H groups in total. The Hall–Kier alpha value is -6.90. The molecule has 50 heavy (non-hydrogen) atoms. The van der Waals surface area contributed by atoms with E-state index in [2.05, 4.69) is 12.1 Å². The minimum Gasteiger partial charge on any atom is -0.247 e. The molecule has 8 rings (SSSR count). The van der Waals surface area contributed by atoms with Crippen LogP contribution in [-0.2, 0) is 6.18 Å². The van der Waals surface area contributed by atoms with E-state index in [-0.39, 0.29) is 33.1 Å². The van der Waals surface area contributed by atoms with E-state index in [4.69, 9.17) is 15.0 Å². The van der Waals surface area contributed by atoms with Gasteiger partial charge in [0.05, 0.1) is 62.5 Å². The van der Waals surface area contributed by atoms with E-state index >= 15 is 13.2 Å². The van der Waals surface area contributed by atoms with Crippen LogP contribution in [0.15, 0.2) is 133 Å². The van der Waals surface area contributed by atoms with Gasteiger partial charge in [-0.15, -0.1) is 0 Å². The second-order valence-electron chi connectivity index (χ2n) is 11.7. The van der Waals surface area contributed by atoms with Crippen molar-refractivity contribution in [3.8, 4) is 57.0 Å². The summed E-state index contributed by atoms with van der Waals surface area (Å²) in [7, 11) is 0. The summed E-state index contributed by atoms with van der Waals surface area (Å²) in [6.07, 6.45) is -4.79.